The molecule has 162 valence electrons. The first-order valence-corrected chi connectivity index (χ1v) is 11.6. The third kappa shape index (κ3) is 5.46. The van der Waals surface area contributed by atoms with E-state index in [1.807, 2.05) is 12.1 Å². The monoisotopic (exact) mass is 482 g/mol. The first-order chi connectivity index (χ1) is 15.6. The molecule has 1 heterocycles. The summed E-state index contributed by atoms with van der Waals surface area (Å²) < 4.78 is 0. The largest absolute Gasteiger partial charge is 0.360 e. The Kier molecular flexibility index (Phi) is 7.37. The van der Waals surface area contributed by atoms with E-state index in [1.54, 1.807) is 18.2 Å². The number of nitrogens with one attached hydrogen (secondary N) is 2. The van der Waals surface area contributed by atoms with Gasteiger partial charge in [-0.05, 0) is 29.7 Å². The van der Waals surface area contributed by atoms with Crippen molar-refractivity contribution in [2.24, 2.45) is 0 Å². The average Bonchev–Trinajstić information content (AvgIpc) is 3.25. The highest BCUT2D eigenvalue weighted by atomic mass is 35.5. The van der Waals surface area contributed by atoms with Crippen LogP contribution in [0.1, 0.15) is 33.8 Å². The van der Waals surface area contributed by atoms with E-state index in [2.05, 4.69) is 69.4 Å². The molecule has 5 nitrogen and oxygen atoms in total. The summed E-state index contributed by atoms with van der Waals surface area (Å²) in [6, 6.07) is 25.8. The van der Waals surface area contributed by atoms with Crippen LogP contribution in [0.2, 0.25) is 10.0 Å². The zero-order valence-corrected chi connectivity index (χ0v) is 19.3. The fourth-order valence-corrected chi connectivity index (χ4v) is 4.67. The fourth-order valence-electron chi connectivity index (χ4n) is 3.44. The molecule has 0 fully saturated rings. The van der Waals surface area contributed by atoms with Gasteiger partial charge in [-0.15, -0.1) is 10.2 Å². The van der Waals surface area contributed by atoms with Crippen molar-refractivity contribution in [1.29, 1.82) is 0 Å². The van der Waals surface area contributed by atoms with Crippen LogP contribution in [-0.4, -0.2) is 22.6 Å². The number of halogens is 2. The molecule has 8 heteroatoms. The van der Waals surface area contributed by atoms with Crippen LogP contribution >= 0.6 is 34.5 Å². The molecule has 0 bridgehead atoms. The molecule has 0 spiro atoms. The van der Waals surface area contributed by atoms with Crippen LogP contribution in [0.3, 0.4) is 0 Å². The number of aromatic nitrogens is 2. The first kappa shape index (κ1) is 22.3. The molecule has 3 aromatic carbocycles. The second kappa shape index (κ2) is 10.6. The maximum atomic E-state index is 12.5. The highest BCUT2D eigenvalue weighted by molar-refractivity contribution is 7.19. The Bertz CT molecular complexity index is 1130. The maximum absolute atomic E-state index is 12.5. The van der Waals surface area contributed by atoms with Crippen LogP contribution in [0, 0.1) is 0 Å². The Morgan fingerprint density at radius 2 is 1.38 bits per heavy atom. The number of carbonyl (C=O) groups excluding carboxylic acids is 1. The normalized spacial score (nSPS) is 10.8. The minimum absolute atomic E-state index is 0.217. The van der Waals surface area contributed by atoms with Gasteiger partial charge in [0, 0.05) is 12.5 Å². The number of carbonyl (C=O) groups is 1. The Morgan fingerprint density at radius 1 is 0.812 bits per heavy atom. The van der Waals surface area contributed by atoms with Gasteiger partial charge in [-0.3, -0.25) is 10.1 Å². The molecule has 0 aliphatic rings. The van der Waals surface area contributed by atoms with Crippen LogP contribution in [0.25, 0.3) is 0 Å². The summed E-state index contributed by atoms with van der Waals surface area (Å²) in [5.74, 6) is -0.157. The second-order valence-electron chi connectivity index (χ2n) is 7.05. The molecule has 0 saturated carbocycles. The molecule has 4 rings (SSSR count). The molecule has 32 heavy (non-hydrogen) atoms. The molecule has 0 aliphatic heterocycles. The lowest BCUT2D eigenvalue weighted by Crippen LogP contribution is -2.12. The summed E-state index contributed by atoms with van der Waals surface area (Å²) in [5, 5.41) is 15.8. The minimum Gasteiger partial charge on any atom is -0.360 e. The van der Waals surface area contributed by atoms with Crippen LogP contribution in [0.15, 0.2) is 78.9 Å². The standard InChI is InChI=1S/C24H20Cl2N4OS/c25-19-12-7-13-20(26)21(19)22(31)28-24-30-29-23(32-24)27-15-14-18(16-8-3-1-4-9-16)17-10-5-2-6-11-17/h1-13,18H,14-15H2,(H,27,29)(H,28,30,31). The van der Waals surface area contributed by atoms with Crippen molar-refractivity contribution < 1.29 is 4.79 Å². The van der Waals surface area contributed by atoms with Crippen molar-refractivity contribution in [2.45, 2.75) is 12.3 Å². The third-order valence-electron chi connectivity index (χ3n) is 4.95. The van der Waals surface area contributed by atoms with Gasteiger partial charge in [0.05, 0.1) is 15.6 Å². The van der Waals surface area contributed by atoms with Crippen molar-refractivity contribution in [3.05, 3.63) is 106 Å². The predicted molar refractivity (Wildman–Crippen MR) is 132 cm³/mol. The molecule has 1 aromatic heterocycles. The Hall–Kier alpha value is -2.93. The summed E-state index contributed by atoms with van der Waals surface area (Å²) in [6.07, 6.45) is 0.879. The Morgan fingerprint density at radius 3 is 1.97 bits per heavy atom. The van der Waals surface area contributed by atoms with E-state index in [4.69, 9.17) is 23.2 Å². The Balaban J connectivity index is 1.39. The lowest BCUT2D eigenvalue weighted by atomic mass is 9.88. The third-order valence-corrected chi connectivity index (χ3v) is 6.37. The van der Waals surface area contributed by atoms with Crippen molar-refractivity contribution in [2.75, 3.05) is 17.2 Å². The van der Waals surface area contributed by atoms with Crippen LogP contribution in [0.5, 0.6) is 0 Å². The molecule has 0 saturated heterocycles. The maximum Gasteiger partial charge on any atom is 0.260 e. The number of rotatable bonds is 8. The SMILES string of the molecule is O=C(Nc1nnc(NCCC(c2ccccc2)c2ccccc2)s1)c1c(Cl)cccc1Cl. The number of hydrogen-bond acceptors (Lipinski definition) is 5. The van der Waals surface area contributed by atoms with Crippen LogP contribution in [0.4, 0.5) is 10.3 Å². The summed E-state index contributed by atoms with van der Waals surface area (Å²) in [7, 11) is 0. The summed E-state index contributed by atoms with van der Waals surface area (Å²) in [6.45, 7) is 0.702. The van der Waals surface area contributed by atoms with Crippen molar-refractivity contribution in [3.8, 4) is 0 Å². The highest BCUT2D eigenvalue weighted by Crippen LogP contribution is 2.29. The topological polar surface area (TPSA) is 66.9 Å². The predicted octanol–water partition coefficient (Wildman–Crippen LogP) is 6.73. The second-order valence-corrected chi connectivity index (χ2v) is 8.84. The number of benzene rings is 3. The molecule has 0 unspecified atom stereocenters. The number of amides is 1. The summed E-state index contributed by atoms with van der Waals surface area (Å²) in [4.78, 5) is 12.5. The fraction of sp³-hybridized carbons (Fsp3) is 0.125. The first-order valence-electron chi connectivity index (χ1n) is 10.0. The van der Waals surface area contributed by atoms with Crippen LogP contribution in [-0.2, 0) is 0 Å². The number of nitrogens with zero attached hydrogens (tertiary/aromatic N) is 2. The van der Waals surface area contributed by atoms with E-state index in [1.165, 1.54) is 22.5 Å². The quantitative estimate of drug-likeness (QED) is 0.292. The van der Waals surface area contributed by atoms with E-state index in [0.29, 0.717) is 16.8 Å². The van der Waals surface area contributed by atoms with E-state index in [-0.39, 0.29) is 21.5 Å². The lowest BCUT2D eigenvalue weighted by molar-refractivity contribution is 0.102. The highest BCUT2D eigenvalue weighted by Gasteiger charge is 2.17. The summed E-state index contributed by atoms with van der Waals surface area (Å²) >= 11 is 13.5. The molecule has 0 radical (unpaired) electrons. The van der Waals surface area contributed by atoms with Gasteiger partial charge < -0.3 is 5.32 Å². The van der Waals surface area contributed by atoms with Crippen molar-refractivity contribution in [1.82, 2.24) is 10.2 Å². The van der Waals surface area contributed by atoms with Gasteiger partial charge in [-0.2, -0.15) is 0 Å². The van der Waals surface area contributed by atoms with E-state index in [0.717, 1.165) is 6.42 Å². The zero-order chi connectivity index (χ0) is 22.3. The van der Waals surface area contributed by atoms with Crippen molar-refractivity contribution in [3.63, 3.8) is 0 Å². The van der Waals surface area contributed by atoms with Gasteiger partial charge in [-0.25, -0.2) is 0 Å². The molecule has 1 amide bonds. The van der Waals surface area contributed by atoms with Gasteiger partial charge in [-0.1, -0.05) is 101 Å². The smallest absolute Gasteiger partial charge is 0.260 e. The molecule has 4 aromatic rings. The van der Waals surface area contributed by atoms with Gasteiger partial charge in [0.15, 0.2) is 0 Å². The zero-order valence-electron chi connectivity index (χ0n) is 17.0. The van der Waals surface area contributed by atoms with Gasteiger partial charge >= 0.3 is 0 Å². The average molecular weight is 483 g/mol. The van der Waals surface area contributed by atoms with E-state index < -0.39 is 5.91 Å². The Labute approximate surface area is 200 Å². The van der Waals surface area contributed by atoms with Gasteiger partial charge in [0.1, 0.15) is 0 Å². The summed E-state index contributed by atoms with van der Waals surface area (Å²) in [5.41, 5.74) is 2.75. The van der Waals surface area contributed by atoms with E-state index >= 15 is 0 Å². The molecular weight excluding hydrogens is 463 g/mol. The number of anilines is 2. The molecular formula is C24H20Cl2N4OS. The van der Waals surface area contributed by atoms with Gasteiger partial charge in [0.2, 0.25) is 10.3 Å². The van der Waals surface area contributed by atoms with Gasteiger partial charge in [0.25, 0.3) is 5.91 Å². The van der Waals surface area contributed by atoms with E-state index in [9.17, 15) is 4.79 Å². The molecule has 0 aliphatic carbocycles. The number of hydrogen-bond donors (Lipinski definition) is 2. The van der Waals surface area contributed by atoms with Crippen LogP contribution < -0.4 is 10.6 Å². The lowest BCUT2D eigenvalue weighted by Gasteiger charge is -2.18. The molecule has 2 N–H and O–H groups in total. The minimum atomic E-state index is -0.420. The molecule has 0 atom stereocenters. The van der Waals surface area contributed by atoms with Crippen molar-refractivity contribution >= 4 is 50.7 Å².